The minimum Gasteiger partial charge on any atom is -0.314 e. The summed E-state index contributed by atoms with van der Waals surface area (Å²) in [6.07, 6.45) is 3.64. The summed E-state index contributed by atoms with van der Waals surface area (Å²) in [5.41, 5.74) is 2.49. The highest BCUT2D eigenvalue weighted by molar-refractivity contribution is 7.85. The first-order chi connectivity index (χ1) is 8.16. The van der Waals surface area contributed by atoms with Crippen LogP contribution in [0.5, 0.6) is 0 Å². The van der Waals surface area contributed by atoms with Crippen molar-refractivity contribution in [2.45, 2.75) is 44.0 Å². The van der Waals surface area contributed by atoms with Gasteiger partial charge in [-0.2, -0.15) is 0 Å². The zero-order chi connectivity index (χ0) is 12.3. The van der Waals surface area contributed by atoms with Crippen molar-refractivity contribution in [3.05, 3.63) is 29.3 Å². The zero-order valence-corrected chi connectivity index (χ0v) is 11.5. The minimum atomic E-state index is -0.836. The summed E-state index contributed by atoms with van der Waals surface area (Å²) < 4.78 is 12.1. The second-order valence-electron chi connectivity index (χ2n) is 4.88. The van der Waals surface area contributed by atoms with Crippen molar-refractivity contribution in [2.75, 3.05) is 12.3 Å². The number of hydrogen-bond acceptors (Lipinski definition) is 2. The van der Waals surface area contributed by atoms with E-state index < -0.39 is 10.8 Å². The first kappa shape index (κ1) is 12.8. The predicted octanol–water partition coefficient (Wildman–Crippen LogP) is 2.55. The molecule has 0 bridgehead atoms. The fourth-order valence-electron chi connectivity index (χ4n) is 1.77. The van der Waals surface area contributed by atoms with E-state index in [4.69, 9.17) is 0 Å². The molecule has 0 spiro atoms. The summed E-state index contributed by atoms with van der Waals surface area (Å²) in [7, 11) is -0.836. The van der Waals surface area contributed by atoms with Crippen LogP contribution in [0, 0.1) is 13.8 Å². The molecule has 2 rings (SSSR count). The van der Waals surface area contributed by atoms with Gasteiger partial charge in [0, 0.05) is 16.7 Å². The Bertz CT molecular complexity index is 413. The zero-order valence-electron chi connectivity index (χ0n) is 10.7. The molecule has 1 unspecified atom stereocenters. The number of rotatable bonds is 6. The van der Waals surface area contributed by atoms with Gasteiger partial charge in [-0.1, -0.05) is 6.07 Å². The lowest BCUT2D eigenvalue weighted by molar-refractivity contribution is 0.657. The Hall–Kier alpha value is -0.670. The molecule has 1 aliphatic carbocycles. The summed E-state index contributed by atoms with van der Waals surface area (Å²) in [5.74, 6) is 0.766. The summed E-state index contributed by atoms with van der Waals surface area (Å²) >= 11 is 0. The van der Waals surface area contributed by atoms with E-state index in [0.29, 0.717) is 0 Å². The fourth-order valence-corrected chi connectivity index (χ4v) is 2.94. The van der Waals surface area contributed by atoms with Gasteiger partial charge < -0.3 is 5.32 Å². The third-order valence-corrected chi connectivity index (χ3v) is 4.70. The molecule has 1 fully saturated rings. The van der Waals surface area contributed by atoms with Crippen LogP contribution < -0.4 is 5.32 Å². The van der Waals surface area contributed by atoms with Gasteiger partial charge in [-0.15, -0.1) is 0 Å². The lowest BCUT2D eigenvalue weighted by Gasteiger charge is -2.06. The third-order valence-electron chi connectivity index (χ3n) is 3.26. The van der Waals surface area contributed by atoms with Crippen LogP contribution in [0.2, 0.25) is 0 Å². The van der Waals surface area contributed by atoms with Gasteiger partial charge >= 0.3 is 0 Å². The SMILES string of the molecule is Cc1ccc(S(=O)CCCNC2CC2)cc1C. The largest absolute Gasteiger partial charge is 0.314 e. The molecule has 2 nitrogen and oxygen atoms in total. The van der Waals surface area contributed by atoms with Crippen molar-refractivity contribution in [3.8, 4) is 0 Å². The second-order valence-corrected chi connectivity index (χ2v) is 6.45. The molecule has 0 heterocycles. The van der Waals surface area contributed by atoms with Crippen molar-refractivity contribution < 1.29 is 4.21 Å². The average molecular weight is 251 g/mol. The highest BCUT2D eigenvalue weighted by Gasteiger charge is 2.19. The third kappa shape index (κ3) is 3.93. The summed E-state index contributed by atoms with van der Waals surface area (Å²) in [6, 6.07) is 6.86. The Labute approximate surface area is 106 Å². The summed E-state index contributed by atoms with van der Waals surface area (Å²) in [4.78, 5) is 0.972. The van der Waals surface area contributed by atoms with E-state index in [-0.39, 0.29) is 0 Å². The van der Waals surface area contributed by atoms with Gasteiger partial charge in [-0.05, 0) is 62.9 Å². The second kappa shape index (κ2) is 5.78. The highest BCUT2D eigenvalue weighted by atomic mass is 32.2. The van der Waals surface area contributed by atoms with E-state index in [9.17, 15) is 4.21 Å². The maximum Gasteiger partial charge on any atom is 0.0530 e. The first-order valence-electron chi connectivity index (χ1n) is 6.36. The Balaban J connectivity index is 1.79. The van der Waals surface area contributed by atoms with Gasteiger partial charge in [0.1, 0.15) is 0 Å². The first-order valence-corrected chi connectivity index (χ1v) is 7.68. The van der Waals surface area contributed by atoms with Gasteiger partial charge in [-0.25, -0.2) is 0 Å². The summed E-state index contributed by atoms with van der Waals surface area (Å²) in [6.45, 7) is 5.16. The number of benzene rings is 1. The standard InChI is InChI=1S/C14H21NOS/c1-11-4-7-14(10-12(11)2)17(16)9-3-8-15-13-5-6-13/h4,7,10,13,15H,3,5-6,8-9H2,1-2H3. The Morgan fingerprint density at radius 3 is 2.71 bits per heavy atom. The van der Waals surface area contributed by atoms with Crippen molar-refractivity contribution in [3.63, 3.8) is 0 Å². The van der Waals surface area contributed by atoms with Crippen LogP contribution >= 0.6 is 0 Å². The van der Waals surface area contributed by atoms with Crippen LogP contribution in [-0.2, 0) is 10.8 Å². The lowest BCUT2D eigenvalue weighted by Crippen LogP contribution is -2.19. The van der Waals surface area contributed by atoms with E-state index >= 15 is 0 Å². The molecule has 0 aromatic heterocycles. The molecule has 0 amide bonds. The van der Waals surface area contributed by atoms with E-state index in [2.05, 4.69) is 31.3 Å². The fraction of sp³-hybridized carbons (Fsp3) is 0.571. The van der Waals surface area contributed by atoms with Crippen molar-refractivity contribution in [2.24, 2.45) is 0 Å². The van der Waals surface area contributed by atoms with Gasteiger partial charge in [0.15, 0.2) is 0 Å². The smallest absolute Gasteiger partial charge is 0.0530 e. The van der Waals surface area contributed by atoms with Crippen LogP contribution in [-0.4, -0.2) is 22.5 Å². The predicted molar refractivity (Wildman–Crippen MR) is 72.8 cm³/mol. The molecule has 0 aliphatic heterocycles. The Kier molecular flexibility index (Phi) is 4.35. The molecule has 1 aromatic rings. The molecule has 94 valence electrons. The van der Waals surface area contributed by atoms with Gasteiger partial charge in [-0.3, -0.25) is 4.21 Å². The van der Waals surface area contributed by atoms with E-state index in [1.165, 1.54) is 24.0 Å². The maximum atomic E-state index is 12.1. The topological polar surface area (TPSA) is 29.1 Å². The van der Waals surface area contributed by atoms with Crippen LogP contribution in [0.4, 0.5) is 0 Å². The number of nitrogens with one attached hydrogen (secondary N) is 1. The van der Waals surface area contributed by atoms with Gasteiger partial charge in [0.2, 0.25) is 0 Å². The van der Waals surface area contributed by atoms with E-state index in [0.717, 1.165) is 29.7 Å². The lowest BCUT2D eigenvalue weighted by atomic mass is 10.1. The highest BCUT2D eigenvalue weighted by Crippen LogP contribution is 2.18. The Morgan fingerprint density at radius 1 is 1.29 bits per heavy atom. The normalized spacial score (nSPS) is 17.1. The van der Waals surface area contributed by atoms with E-state index in [1.54, 1.807) is 0 Å². The van der Waals surface area contributed by atoms with Gasteiger partial charge in [0.25, 0.3) is 0 Å². The molecule has 3 heteroatoms. The Morgan fingerprint density at radius 2 is 2.06 bits per heavy atom. The number of aryl methyl sites for hydroxylation is 2. The molecule has 1 aliphatic rings. The molecule has 1 saturated carbocycles. The molecule has 1 atom stereocenters. The molecular formula is C14H21NOS. The molecular weight excluding hydrogens is 230 g/mol. The maximum absolute atomic E-state index is 12.1. The van der Waals surface area contributed by atoms with Crippen molar-refractivity contribution in [1.29, 1.82) is 0 Å². The van der Waals surface area contributed by atoms with Crippen LogP contribution in [0.1, 0.15) is 30.4 Å². The minimum absolute atomic E-state index is 0.755. The summed E-state index contributed by atoms with van der Waals surface area (Å²) in [5, 5.41) is 3.45. The molecule has 17 heavy (non-hydrogen) atoms. The average Bonchev–Trinajstić information content (AvgIpc) is 3.12. The van der Waals surface area contributed by atoms with Crippen LogP contribution in [0.15, 0.2) is 23.1 Å². The van der Waals surface area contributed by atoms with Crippen molar-refractivity contribution >= 4 is 10.8 Å². The molecule has 0 radical (unpaired) electrons. The van der Waals surface area contributed by atoms with E-state index in [1.807, 2.05) is 6.07 Å². The molecule has 1 aromatic carbocycles. The van der Waals surface area contributed by atoms with Crippen LogP contribution in [0.25, 0.3) is 0 Å². The number of hydrogen-bond donors (Lipinski definition) is 1. The monoisotopic (exact) mass is 251 g/mol. The van der Waals surface area contributed by atoms with Gasteiger partial charge in [0.05, 0.1) is 10.8 Å². The van der Waals surface area contributed by atoms with Crippen molar-refractivity contribution in [1.82, 2.24) is 5.32 Å². The molecule has 0 saturated heterocycles. The molecule has 1 N–H and O–H groups in total. The van der Waals surface area contributed by atoms with Crippen LogP contribution in [0.3, 0.4) is 0 Å². The quantitative estimate of drug-likeness (QED) is 0.787.